The molecule has 0 saturated heterocycles. The van der Waals surface area contributed by atoms with Gasteiger partial charge in [-0.25, -0.2) is 0 Å². The van der Waals surface area contributed by atoms with E-state index in [1.807, 2.05) is 18.2 Å². The van der Waals surface area contributed by atoms with Crippen molar-refractivity contribution in [3.63, 3.8) is 0 Å². The Kier molecular flexibility index (Phi) is 4.82. The van der Waals surface area contributed by atoms with Gasteiger partial charge in [0.25, 0.3) is 0 Å². The average Bonchev–Trinajstić information content (AvgIpc) is 2.65. The monoisotopic (exact) mass is 298 g/mol. The normalized spacial score (nSPS) is 11.0. The molecule has 0 spiro atoms. The number of hydrogen-bond acceptors (Lipinski definition) is 1. The second-order valence-corrected chi connectivity index (χ2v) is 5.71. The molecular weight excluding hydrogens is 279 g/mol. The molecule has 1 nitrogen and oxygen atoms in total. The number of hydrogen-bond donors (Lipinski definition) is 0. The molecule has 0 heterocycles. The van der Waals surface area contributed by atoms with Gasteiger partial charge in [-0.2, -0.15) is 0 Å². The van der Waals surface area contributed by atoms with Gasteiger partial charge in [-0.1, -0.05) is 0 Å². The Morgan fingerprint density at radius 2 is 0.957 bits per heavy atom. The van der Waals surface area contributed by atoms with Gasteiger partial charge in [0.1, 0.15) is 0 Å². The molecule has 3 aromatic carbocycles. The maximum absolute atomic E-state index is 11.1. The molecular formula is C21H19BO. The zero-order chi connectivity index (χ0) is 16.0. The average molecular weight is 298 g/mol. The van der Waals surface area contributed by atoms with E-state index in [4.69, 9.17) is 0 Å². The first-order valence-electron chi connectivity index (χ1n) is 7.98. The van der Waals surface area contributed by atoms with Crippen LogP contribution in [0.5, 0.6) is 0 Å². The summed E-state index contributed by atoms with van der Waals surface area (Å²) in [4.78, 5) is 0. The molecule has 0 N–H and O–H groups in total. The van der Waals surface area contributed by atoms with Crippen LogP contribution in [0, 0.1) is 0 Å². The summed E-state index contributed by atoms with van der Waals surface area (Å²) in [5.41, 5.74) is 3.36. The summed E-state index contributed by atoms with van der Waals surface area (Å²) in [5.74, 6) is 0. The molecule has 0 saturated carbocycles. The molecule has 0 amide bonds. The van der Waals surface area contributed by atoms with Crippen LogP contribution >= 0.6 is 0 Å². The third kappa shape index (κ3) is 3.02. The fourth-order valence-corrected chi connectivity index (χ4v) is 3.38. The van der Waals surface area contributed by atoms with Crippen LogP contribution in [0.1, 0.15) is 23.1 Å². The van der Waals surface area contributed by atoms with Crippen molar-refractivity contribution in [1.82, 2.24) is 0 Å². The van der Waals surface area contributed by atoms with Gasteiger partial charge in [0.15, 0.2) is 0 Å². The van der Waals surface area contributed by atoms with Crippen molar-refractivity contribution in [3.05, 3.63) is 108 Å². The minimum atomic E-state index is -0.301. The van der Waals surface area contributed by atoms with E-state index in [1.54, 1.807) is 0 Å². The Balaban J connectivity index is 2.27. The van der Waals surface area contributed by atoms with E-state index < -0.39 is 0 Å². The third-order valence-electron chi connectivity index (χ3n) is 4.44. The van der Waals surface area contributed by atoms with Gasteiger partial charge in [-0.05, 0) is 0 Å². The first-order chi connectivity index (χ1) is 11.4. The van der Waals surface area contributed by atoms with E-state index >= 15 is 0 Å². The fraction of sp³-hybridized carbons (Fsp3) is 0.143. The van der Waals surface area contributed by atoms with E-state index in [2.05, 4.69) is 72.8 Å². The van der Waals surface area contributed by atoms with Crippen molar-refractivity contribution >= 4 is 7.15 Å². The summed E-state index contributed by atoms with van der Waals surface area (Å²) >= 11 is 0. The number of benzene rings is 3. The van der Waals surface area contributed by atoms with Crippen LogP contribution in [0.3, 0.4) is 0 Å². The Hall–Kier alpha value is -2.48. The number of rotatable bonds is 6. The van der Waals surface area contributed by atoms with E-state index in [0.717, 1.165) is 13.6 Å². The van der Waals surface area contributed by atoms with Crippen molar-refractivity contribution < 1.29 is 4.70 Å². The first kappa shape index (κ1) is 15.4. The van der Waals surface area contributed by atoms with Crippen LogP contribution in [0.25, 0.3) is 0 Å². The van der Waals surface area contributed by atoms with Crippen molar-refractivity contribution in [2.45, 2.75) is 18.2 Å². The summed E-state index contributed by atoms with van der Waals surface area (Å²) < 4.78 is 11.1. The molecule has 0 unspecified atom stereocenters. The summed E-state index contributed by atoms with van der Waals surface area (Å²) in [6, 6.07) is 31.4. The van der Waals surface area contributed by atoms with Crippen LogP contribution in [-0.2, 0) is 10.1 Å². The topological polar surface area (TPSA) is 17.1 Å². The predicted octanol–water partition coefficient (Wildman–Crippen LogP) is 4.88. The summed E-state index contributed by atoms with van der Waals surface area (Å²) in [6.45, 7) is 0. The SMILES string of the molecule is O=BCCC(c1ccccc1)(c1ccccc1)c1ccccc1. The summed E-state index contributed by atoms with van der Waals surface area (Å²) in [5, 5.41) is 0. The predicted molar refractivity (Wildman–Crippen MR) is 95.1 cm³/mol. The molecule has 0 aromatic heterocycles. The van der Waals surface area contributed by atoms with Crippen LogP contribution in [0.2, 0.25) is 6.32 Å². The molecule has 3 aromatic rings. The van der Waals surface area contributed by atoms with Crippen LogP contribution in [0.15, 0.2) is 91.0 Å². The molecule has 0 radical (unpaired) electrons. The van der Waals surface area contributed by atoms with Crippen molar-refractivity contribution in [2.75, 3.05) is 0 Å². The van der Waals surface area contributed by atoms with Crippen LogP contribution < -0.4 is 0 Å². The Morgan fingerprint density at radius 3 is 1.26 bits per heavy atom. The second kappa shape index (κ2) is 7.19. The first-order valence-corrected chi connectivity index (χ1v) is 7.98. The Morgan fingerprint density at radius 1 is 0.609 bits per heavy atom. The van der Waals surface area contributed by atoms with E-state index in [1.165, 1.54) is 16.7 Å². The quantitative estimate of drug-likeness (QED) is 0.468. The van der Waals surface area contributed by atoms with Gasteiger partial charge in [0.05, 0.1) is 0 Å². The minimum absolute atomic E-state index is 0.301. The van der Waals surface area contributed by atoms with Gasteiger partial charge in [0.2, 0.25) is 0 Å². The molecule has 2 heteroatoms. The Bertz CT molecular complexity index is 642. The molecule has 0 bridgehead atoms. The molecule has 23 heavy (non-hydrogen) atoms. The van der Waals surface area contributed by atoms with Gasteiger partial charge in [-0.15, -0.1) is 0 Å². The van der Waals surface area contributed by atoms with E-state index in [0.29, 0.717) is 6.32 Å². The molecule has 3 rings (SSSR count). The zero-order valence-corrected chi connectivity index (χ0v) is 13.1. The standard InChI is InChI=1S/C21H19BO/c23-22-17-16-21(18-10-4-1-5-11-18,19-12-6-2-7-13-19)20-14-8-3-9-15-20/h1-15H,16-17H2. The molecule has 0 atom stereocenters. The third-order valence-corrected chi connectivity index (χ3v) is 4.44. The zero-order valence-electron chi connectivity index (χ0n) is 13.1. The van der Waals surface area contributed by atoms with Crippen LogP contribution in [0.4, 0.5) is 0 Å². The van der Waals surface area contributed by atoms with Crippen molar-refractivity contribution in [1.29, 1.82) is 0 Å². The Labute approximate surface area is 138 Å². The molecule has 0 aliphatic heterocycles. The molecule has 0 fully saturated rings. The van der Waals surface area contributed by atoms with Crippen LogP contribution in [-0.4, -0.2) is 7.15 Å². The second-order valence-electron chi connectivity index (χ2n) is 5.71. The van der Waals surface area contributed by atoms with Gasteiger partial charge < -0.3 is 0 Å². The van der Waals surface area contributed by atoms with Crippen molar-refractivity contribution in [3.8, 4) is 0 Å². The fourth-order valence-electron chi connectivity index (χ4n) is 3.38. The summed E-state index contributed by atoms with van der Waals surface area (Å²) in [6.07, 6.45) is 1.28. The molecule has 0 aliphatic carbocycles. The van der Waals surface area contributed by atoms with E-state index in [9.17, 15) is 4.70 Å². The van der Waals surface area contributed by atoms with Gasteiger partial charge in [-0.3, -0.25) is 0 Å². The van der Waals surface area contributed by atoms with Gasteiger partial charge >= 0.3 is 138 Å². The molecule has 0 aliphatic rings. The van der Waals surface area contributed by atoms with Gasteiger partial charge in [0, 0.05) is 0 Å². The molecule has 112 valence electrons. The summed E-state index contributed by atoms with van der Waals surface area (Å²) in [7, 11) is 1.02. The van der Waals surface area contributed by atoms with Crippen molar-refractivity contribution in [2.24, 2.45) is 0 Å². The maximum atomic E-state index is 11.1. The van der Waals surface area contributed by atoms with E-state index in [-0.39, 0.29) is 5.41 Å².